The number of nitrogens with one attached hydrogen (secondary N) is 2. The molecular weight excluding hydrogens is 222 g/mol. The van der Waals surface area contributed by atoms with Crippen LogP contribution in [0.15, 0.2) is 6.20 Å². The van der Waals surface area contributed by atoms with E-state index in [4.69, 9.17) is 0 Å². The van der Waals surface area contributed by atoms with Gasteiger partial charge in [0.15, 0.2) is 0 Å². The van der Waals surface area contributed by atoms with E-state index in [1.807, 2.05) is 13.1 Å². The minimum atomic E-state index is 0.433. The molecule has 3 nitrogen and oxygen atoms in total. The normalized spacial score (nSPS) is 37.3. The number of aromatic nitrogens is 2. The number of nitrogens with zero attached hydrogens (tertiary/aromatic N) is 1. The van der Waals surface area contributed by atoms with Crippen LogP contribution >= 0.6 is 0 Å². The predicted molar refractivity (Wildman–Crippen MR) is 73.2 cm³/mol. The molecule has 0 aliphatic heterocycles. The number of fused-ring (bicyclic) bond motifs is 2. The summed E-state index contributed by atoms with van der Waals surface area (Å²) in [6.45, 7) is 10.3. The Balaban J connectivity index is 1.72. The zero-order valence-electron chi connectivity index (χ0n) is 12.0. The summed E-state index contributed by atoms with van der Waals surface area (Å²) in [5, 5.41) is 3.80. The molecule has 0 amide bonds. The third-order valence-electron chi connectivity index (χ3n) is 5.52. The summed E-state index contributed by atoms with van der Waals surface area (Å²) >= 11 is 0. The first kappa shape index (κ1) is 12.2. The first-order valence-corrected chi connectivity index (χ1v) is 7.16. The Morgan fingerprint density at radius 1 is 1.44 bits per heavy atom. The van der Waals surface area contributed by atoms with Crippen molar-refractivity contribution in [2.75, 3.05) is 0 Å². The van der Waals surface area contributed by atoms with Gasteiger partial charge in [0, 0.05) is 24.5 Å². The van der Waals surface area contributed by atoms with Gasteiger partial charge in [-0.25, -0.2) is 4.98 Å². The van der Waals surface area contributed by atoms with Crippen LogP contribution in [0.5, 0.6) is 0 Å². The van der Waals surface area contributed by atoms with E-state index >= 15 is 0 Å². The van der Waals surface area contributed by atoms with E-state index in [0.29, 0.717) is 16.9 Å². The zero-order chi connectivity index (χ0) is 13.0. The average molecular weight is 247 g/mol. The molecule has 2 N–H and O–H groups in total. The van der Waals surface area contributed by atoms with Crippen molar-refractivity contribution in [1.82, 2.24) is 15.3 Å². The van der Waals surface area contributed by atoms with Gasteiger partial charge in [-0.2, -0.15) is 0 Å². The fraction of sp³-hybridized carbons (Fsp3) is 0.800. The van der Waals surface area contributed by atoms with Gasteiger partial charge in [-0.3, -0.25) is 0 Å². The summed E-state index contributed by atoms with van der Waals surface area (Å²) in [7, 11) is 0. The molecule has 3 heteroatoms. The molecule has 3 rings (SSSR count). The van der Waals surface area contributed by atoms with E-state index in [1.54, 1.807) is 0 Å². The molecule has 0 radical (unpaired) electrons. The third-order valence-corrected chi connectivity index (χ3v) is 5.52. The lowest BCUT2D eigenvalue weighted by molar-refractivity contribution is 0.107. The second-order valence-corrected chi connectivity index (χ2v) is 7.22. The van der Waals surface area contributed by atoms with Gasteiger partial charge >= 0.3 is 0 Å². The molecule has 0 spiro atoms. The molecule has 3 unspecified atom stereocenters. The second kappa shape index (κ2) is 3.83. The van der Waals surface area contributed by atoms with E-state index in [2.05, 4.69) is 36.1 Å². The van der Waals surface area contributed by atoms with Crippen molar-refractivity contribution in [3.8, 4) is 0 Å². The second-order valence-electron chi connectivity index (χ2n) is 7.22. The van der Waals surface area contributed by atoms with E-state index in [-0.39, 0.29) is 0 Å². The monoisotopic (exact) mass is 247 g/mol. The quantitative estimate of drug-likeness (QED) is 0.862. The van der Waals surface area contributed by atoms with E-state index in [0.717, 1.165) is 18.3 Å². The highest BCUT2D eigenvalue weighted by molar-refractivity contribution is 5.12. The first-order chi connectivity index (χ1) is 8.42. The summed E-state index contributed by atoms with van der Waals surface area (Å²) < 4.78 is 0. The van der Waals surface area contributed by atoms with Crippen molar-refractivity contribution >= 4 is 0 Å². The van der Waals surface area contributed by atoms with Crippen LogP contribution in [-0.4, -0.2) is 16.0 Å². The van der Waals surface area contributed by atoms with Gasteiger partial charge in [0.1, 0.15) is 5.82 Å². The maximum Gasteiger partial charge on any atom is 0.103 e. The molecule has 0 saturated heterocycles. The minimum absolute atomic E-state index is 0.433. The molecule has 2 saturated carbocycles. The Morgan fingerprint density at radius 3 is 2.78 bits per heavy atom. The summed E-state index contributed by atoms with van der Waals surface area (Å²) in [5.41, 5.74) is 2.14. The van der Waals surface area contributed by atoms with Crippen molar-refractivity contribution in [2.45, 2.75) is 59.5 Å². The van der Waals surface area contributed by atoms with Gasteiger partial charge in [-0.05, 0) is 42.9 Å². The Morgan fingerprint density at radius 2 is 2.22 bits per heavy atom. The molecule has 0 aromatic carbocycles. The summed E-state index contributed by atoms with van der Waals surface area (Å²) in [4.78, 5) is 7.58. The van der Waals surface area contributed by atoms with Crippen LogP contribution in [0, 0.1) is 23.7 Å². The lowest BCUT2D eigenvalue weighted by Crippen LogP contribution is -2.49. The molecular formula is C15H25N3. The Labute approximate surface area is 110 Å². The highest BCUT2D eigenvalue weighted by atomic mass is 15.0. The topological polar surface area (TPSA) is 40.7 Å². The molecule has 2 fully saturated rings. The lowest BCUT2D eigenvalue weighted by Gasteiger charge is -2.43. The third kappa shape index (κ3) is 1.71. The van der Waals surface area contributed by atoms with Gasteiger partial charge < -0.3 is 10.3 Å². The highest BCUT2D eigenvalue weighted by Crippen LogP contribution is 2.62. The standard InChI is InChI=1S/C15H25N3/c1-10-16-8-12(18-10)9-17-13-14(2,3)11-5-6-15(13,4)7-11/h8,11,13,17H,5-7,9H2,1-4H3,(H,16,18). The molecule has 1 heterocycles. The van der Waals surface area contributed by atoms with Crippen LogP contribution in [0.3, 0.4) is 0 Å². The lowest BCUT2D eigenvalue weighted by atomic mass is 9.68. The number of aryl methyl sites for hydroxylation is 1. The number of rotatable bonds is 3. The zero-order valence-corrected chi connectivity index (χ0v) is 12.0. The van der Waals surface area contributed by atoms with Crippen molar-refractivity contribution in [1.29, 1.82) is 0 Å². The molecule has 2 bridgehead atoms. The molecule has 3 atom stereocenters. The Hall–Kier alpha value is -0.830. The molecule has 100 valence electrons. The number of aromatic amines is 1. The molecule has 1 aromatic rings. The predicted octanol–water partition coefficient (Wildman–Crippen LogP) is 3.02. The maximum atomic E-state index is 4.27. The Kier molecular flexibility index (Phi) is 2.60. The van der Waals surface area contributed by atoms with Gasteiger partial charge in [0.05, 0.1) is 0 Å². The molecule has 18 heavy (non-hydrogen) atoms. The van der Waals surface area contributed by atoms with E-state index in [1.165, 1.54) is 25.0 Å². The Bertz CT molecular complexity index is 444. The fourth-order valence-corrected chi connectivity index (χ4v) is 4.58. The van der Waals surface area contributed by atoms with Gasteiger partial charge in [0.2, 0.25) is 0 Å². The molecule has 2 aliphatic rings. The van der Waals surface area contributed by atoms with Crippen LogP contribution in [0.1, 0.15) is 51.6 Å². The summed E-state index contributed by atoms with van der Waals surface area (Å²) in [5.74, 6) is 1.91. The van der Waals surface area contributed by atoms with E-state index in [9.17, 15) is 0 Å². The largest absolute Gasteiger partial charge is 0.345 e. The number of H-pyrrole nitrogens is 1. The van der Waals surface area contributed by atoms with Crippen molar-refractivity contribution in [2.24, 2.45) is 16.7 Å². The van der Waals surface area contributed by atoms with Crippen molar-refractivity contribution < 1.29 is 0 Å². The minimum Gasteiger partial charge on any atom is -0.345 e. The molecule has 2 aliphatic carbocycles. The first-order valence-electron chi connectivity index (χ1n) is 7.16. The van der Waals surface area contributed by atoms with E-state index < -0.39 is 0 Å². The summed E-state index contributed by atoms with van der Waals surface area (Å²) in [6, 6.07) is 0.632. The summed E-state index contributed by atoms with van der Waals surface area (Å²) in [6.07, 6.45) is 6.16. The van der Waals surface area contributed by atoms with Gasteiger partial charge in [-0.1, -0.05) is 20.8 Å². The number of hydrogen-bond acceptors (Lipinski definition) is 2. The molecule has 1 aromatic heterocycles. The van der Waals surface area contributed by atoms with Crippen LogP contribution in [-0.2, 0) is 6.54 Å². The maximum absolute atomic E-state index is 4.27. The van der Waals surface area contributed by atoms with Crippen molar-refractivity contribution in [3.05, 3.63) is 17.7 Å². The highest BCUT2D eigenvalue weighted by Gasteiger charge is 2.58. The van der Waals surface area contributed by atoms with Crippen LogP contribution in [0.25, 0.3) is 0 Å². The average Bonchev–Trinajstić information content (AvgIpc) is 2.89. The number of hydrogen-bond donors (Lipinski definition) is 2. The van der Waals surface area contributed by atoms with Crippen molar-refractivity contribution in [3.63, 3.8) is 0 Å². The van der Waals surface area contributed by atoms with Gasteiger partial charge in [0.25, 0.3) is 0 Å². The van der Waals surface area contributed by atoms with Crippen LogP contribution in [0.4, 0.5) is 0 Å². The van der Waals surface area contributed by atoms with Crippen LogP contribution in [0.2, 0.25) is 0 Å². The van der Waals surface area contributed by atoms with Gasteiger partial charge in [-0.15, -0.1) is 0 Å². The number of imidazole rings is 1. The fourth-order valence-electron chi connectivity index (χ4n) is 4.58. The van der Waals surface area contributed by atoms with Crippen LogP contribution < -0.4 is 5.32 Å². The SMILES string of the molecule is Cc1ncc(CNC2C3(C)CCC(C3)C2(C)C)[nH]1. The smallest absolute Gasteiger partial charge is 0.103 e.